The van der Waals surface area contributed by atoms with Crippen LogP contribution in [0.25, 0.3) is 0 Å². The van der Waals surface area contributed by atoms with E-state index < -0.39 is 21.7 Å². The number of nitrogens with one attached hydrogen (secondary N) is 2. The number of carbonyl (C=O) groups is 1. The summed E-state index contributed by atoms with van der Waals surface area (Å²) in [4.78, 5) is 12.5. The Bertz CT molecular complexity index is 1340. The Labute approximate surface area is 192 Å². The second-order valence-electron chi connectivity index (χ2n) is 7.47. The van der Waals surface area contributed by atoms with Gasteiger partial charge in [-0.05, 0) is 68.3 Å². The van der Waals surface area contributed by atoms with Gasteiger partial charge in [-0.25, -0.2) is 18.2 Å². The standard InChI is InChI=1S/C24H24FN3O4S/c1-4-21(20-14-18(25)9-11-23(20)29)26-27-24(30)17-6-5-7-19(13-17)33(31,32)28-22-10-8-15(2)12-16(22)3/h5-14,28-29H,4H2,1-3H3,(H,27,30)/b26-21+. The fraction of sp³-hybridized carbons (Fsp3) is 0.167. The van der Waals surface area contributed by atoms with E-state index in [0.29, 0.717) is 12.1 Å². The molecular formula is C24H24FN3O4S. The zero-order valence-corrected chi connectivity index (χ0v) is 19.2. The Morgan fingerprint density at radius 2 is 1.82 bits per heavy atom. The first-order chi connectivity index (χ1) is 15.6. The number of aryl methyl sites for hydroxylation is 2. The summed E-state index contributed by atoms with van der Waals surface area (Å²) in [5.41, 5.74) is 5.06. The topological polar surface area (TPSA) is 108 Å². The van der Waals surface area contributed by atoms with Crippen molar-refractivity contribution in [1.29, 1.82) is 0 Å². The summed E-state index contributed by atoms with van der Waals surface area (Å²) < 4.78 is 41.8. The van der Waals surface area contributed by atoms with Gasteiger partial charge in [0, 0.05) is 11.1 Å². The van der Waals surface area contributed by atoms with Crippen LogP contribution in [0.3, 0.4) is 0 Å². The normalized spacial score (nSPS) is 11.8. The Morgan fingerprint density at radius 3 is 2.52 bits per heavy atom. The lowest BCUT2D eigenvalue weighted by Crippen LogP contribution is -2.21. The highest BCUT2D eigenvalue weighted by molar-refractivity contribution is 7.92. The first kappa shape index (κ1) is 23.9. The smallest absolute Gasteiger partial charge is 0.271 e. The summed E-state index contributed by atoms with van der Waals surface area (Å²) in [7, 11) is -3.93. The Hall–Kier alpha value is -3.72. The number of hydrazone groups is 1. The van der Waals surface area contributed by atoms with E-state index in [9.17, 15) is 22.7 Å². The van der Waals surface area contributed by atoms with E-state index in [1.807, 2.05) is 13.0 Å². The van der Waals surface area contributed by atoms with Crippen molar-refractivity contribution in [3.8, 4) is 5.75 Å². The molecule has 0 aliphatic rings. The van der Waals surface area contributed by atoms with E-state index in [1.54, 1.807) is 26.0 Å². The van der Waals surface area contributed by atoms with Crippen molar-refractivity contribution in [1.82, 2.24) is 5.43 Å². The molecule has 0 unspecified atom stereocenters. The molecule has 3 aromatic rings. The molecule has 0 aliphatic heterocycles. The van der Waals surface area contributed by atoms with E-state index in [4.69, 9.17) is 0 Å². The Kier molecular flexibility index (Phi) is 7.13. The summed E-state index contributed by atoms with van der Waals surface area (Å²) in [6.45, 7) is 5.45. The van der Waals surface area contributed by atoms with Crippen molar-refractivity contribution in [3.05, 3.63) is 88.7 Å². The average molecular weight is 470 g/mol. The van der Waals surface area contributed by atoms with Crippen molar-refractivity contribution in [3.63, 3.8) is 0 Å². The number of carbonyl (C=O) groups excluding carboxylic acids is 1. The second kappa shape index (κ2) is 9.83. The molecule has 33 heavy (non-hydrogen) atoms. The predicted molar refractivity (Wildman–Crippen MR) is 126 cm³/mol. The van der Waals surface area contributed by atoms with Crippen molar-refractivity contribution < 1.29 is 22.7 Å². The number of halogens is 1. The van der Waals surface area contributed by atoms with Crippen LogP contribution in [0.5, 0.6) is 5.75 Å². The molecule has 3 aromatic carbocycles. The molecule has 0 bridgehead atoms. The highest BCUT2D eigenvalue weighted by atomic mass is 32.2. The maximum absolute atomic E-state index is 13.5. The van der Waals surface area contributed by atoms with Gasteiger partial charge >= 0.3 is 0 Å². The molecule has 0 spiro atoms. The molecule has 3 rings (SSSR count). The van der Waals surface area contributed by atoms with Gasteiger partial charge < -0.3 is 5.11 Å². The number of phenolic OH excluding ortho intramolecular Hbond substituents is 1. The monoisotopic (exact) mass is 469 g/mol. The van der Waals surface area contributed by atoms with E-state index in [1.165, 1.54) is 30.3 Å². The summed E-state index contributed by atoms with van der Waals surface area (Å²) in [5, 5.41) is 14.0. The number of amides is 1. The van der Waals surface area contributed by atoms with Crippen LogP contribution in [0.1, 0.15) is 40.4 Å². The number of benzene rings is 3. The number of phenols is 1. The summed E-state index contributed by atoms with van der Waals surface area (Å²) in [6, 6.07) is 14.3. The number of hydrogen-bond donors (Lipinski definition) is 3. The third kappa shape index (κ3) is 5.75. The Morgan fingerprint density at radius 1 is 1.06 bits per heavy atom. The minimum Gasteiger partial charge on any atom is -0.507 e. The molecule has 0 atom stereocenters. The molecule has 0 aliphatic carbocycles. The Balaban J connectivity index is 1.82. The molecule has 9 heteroatoms. The van der Waals surface area contributed by atoms with Crippen LogP contribution in [0, 0.1) is 19.7 Å². The van der Waals surface area contributed by atoms with Crippen LogP contribution in [-0.2, 0) is 10.0 Å². The number of sulfonamides is 1. The molecule has 0 aromatic heterocycles. The lowest BCUT2D eigenvalue weighted by molar-refractivity contribution is 0.0954. The molecule has 0 heterocycles. The van der Waals surface area contributed by atoms with Crippen molar-refractivity contribution in [2.24, 2.45) is 5.10 Å². The maximum Gasteiger partial charge on any atom is 0.271 e. The van der Waals surface area contributed by atoms with Gasteiger partial charge in [-0.2, -0.15) is 5.10 Å². The van der Waals surface area contributed by atoms with Gasteiger partial charge in [-0.3, -0.25) is 9.52 Å². The molecule has 172 valence electrons. The molecular weight excluding hydrogens is 445 g/mol. The van der Waals surface area contributed by atoms with Crippen LogP contribution in [-0.4, -0.2) is 25.1 Å². The fourth-order valence-electron chi connectivity index (χ4n) is 3.19. The van der Waals surface area contributed by atoms with Gasteiger partial charge in [0.05, 0.1) is 16.3 Å². The first-order valence-electron chi connectivity index (χ1n) is 10.2. The van der Waals surface area contributed by atoms with Crippen LogP contribution < -0.4 is 10.1 Å². The highest BCUT2D eigenvalue weighted by Crippen LogP contribution is 2.22. The van der Waals surface area contributed by atoms with Crippen LogP contribution in [0.4, 0.5) is 10.1 Å². The third-order valence-electron chi connectivity index (χ3n) is 4.93. The van der Waals surface area contributed by atoms with E-state index >= 15 is 0 Å². The fourth-order valence-corrected chi connectivity index (χ4v) is 4.36. The van der Waals surface area contributed by atoms with E-state index in [2.05, 4.69) is 15.2 Å². The van der Waals surface area contributed by atoms with Gasteiger partial charge in [0.25, 0.3) is 15.9 Å². The number of aromatic hydroxyl groups is 1. The van der Waals surface area contributed by atoms with Gasteiger partial charge in [-0.15, -0.1) is 0 Å². The lowest BCUT2D eigenvalue weighted by Gasteiger charge is -2.12. The van der Waals surface area contributed by atoms with Crippen LogP contribution in [0.2, 0.25) is 0 Å². The quantitative estimate of drug-likeness (QED) is 0.350. The minimum absolute atomic E-state index is 0.0705. The number of anilines is 1. The summed E-state index contributed by atoms with van der Waals surface area (Å²) in [5.74, 6) is -1.37. The molecule has 1 amide bonds. The van der Waals surface area contributed by atoms with Crippen molar-refractivity contribution >= 4 is 27.3 Å². The largest absolute Gasteiger partial charge is 0.507 e. The number of nitrogens with zero attached hydrogens (tertiary/aromatic N) is 1. The molecule has 0 radical (unpaired) electrons. The predicted octanol–water partition coefficient (Wildman–Crippen LogP) is 4.49. The number of hydrogen-bond acceptors (Lipinski definition) is 5. The zero-order valence-electron chi connectivity index (χ0n) is 18.4. The third-order valence-corrected chi connectivity index (χ3v) is 6.29. The summed E-state index contributed by atoms with van der Waals surface area (Å²) in [6.07, 6.45) is 0.311. The molecule has 7 nitrogen and oxygen atoms in total. The van der Waals surface area contributed by atoms with Gasteiger partial charge in [-0.1, -0.05) is 30.7 Å². The highest BCUT2D eigenvalue weighted by Gasteiger charge is 2.18. The molecule has 0 fully saturated rings. The zero-order chi connectivity index (χ0) is 24.2. The van der Waals surface area contributed by atoms with Crippen LogP contribution >= 0.6 is 0 Å². The van der Waals surface area contributed by atoms with Gasteiger partial charge in [0.1, 0.15) is 11.6 Å². The van der Waals surface area contributed by atoms with E-state index in [0.717, 1.165) is 23.3 Å². The molecule has 0 saturated carbocycles. The molecule has 3 N–H and O–H groups in total. The molecule has 0 saturated heterocycles. The van der Waals surface area contributed by atoms with Crippen molar-refractivity contribution in [2.75, 3.05) is 4.72 Å². The maximum atomic E-state index is 13.5. The van der Waals surface area contributed by atoms with Gasteiger partial charge in [0.2, 0.25) is 0 Å². The van der Waals surface area contributed by atoms with E-state index in [-0.39, 0.29) is 27.5 Å². The number of rotatable bonds is 7. The van der Waals surface area contributed by atoms with Gasteiger partial charge in [0.15, 0.2) is 0 Å². The summed E-state index contributed by atoms with van der Waals surface area (Å²) >= 11 is 0. The second-order valence-corrected chi connectivity index (χ2v) is 9.15. The van der Waals surface area contributed by atoms with Crippen molar-refractivity contribution in [2.45, 2.75) is 32.1 Å². The SMILES string of the molecule is CC/C(=N\NC(=O)c1cccc(S(=O)(=O)Nc2ccc(C)cc2C)c1)c1cc(F)ccc1O. The minimum atomic E-state index is -3.93. The van der Waals surface area contributed by atoms with Crippen LogP contribution in [0.15, 0.2) is 70.7 Å². The average Bonchev–Trinajstić information content (AvgIpc) is 2.78. The lowest BCUT2D eigenvalue weighted by atomic mass is 10.1. The first-order valence-corrected chi connectivity index (χ1v) is 11.6.